The molecule has 31 heavy (non-hydrogen) atoms. The second-order valence-electron chi connectivity index (χ2n) is 7.68. The van der Waals surface area contributed by atoms with Crippen molar-refractivity contribution in [1.82, 2.24) is 19.9 Å². The number of benzene rings is 1. The molecular formula is C22H21F3N4O2. The molecule has 1 aliphatic heterocycles. The van der Waals surface area contributed by atoms with Gasteiger partial charge in [-0.1, -0.05) is 18.2 Å². The summed E-state index contributed by atoms with van der Waals surface area (Å²) in [6, 6.07) is 8.77. The molecular weight excluding hydrogens is 409 g/mol. The van der Waals surface area contributed by atoms with Crippen LogP contribution in [0.3, 0.4) is 0 Å². The molecule has 1 fully saturated rings. The van der Waals surface area contributed by atoms with Crippen LogP contribution >= 0.6 is 0 Å². The Morgan fingerprint density at radius 3 is 2.74 bits per heavy atom. The molecule has 0 spiro atoms. The minimum absolute atomic E-state index is 0.0208. The number of hydrogen-bond acceptors (Lipinski definition) is 5. The van der Waals surface area contributed by atoms with Crippen molar-refractivity contribution in [3.8, 4) is 11.6 Å². The molecule has 0 aliphatic carbocycles. The van der Waals surface area contributed by atoms with E-state index in [9.17, 15) is 13.2 Å². The summed E-state index contributed by atoms with van der Waals surface area (Å²) in [4.78, 5) is 8.39. The third-order valence-electron chi connectivity index (χ3n) is 5.60. The highest BCUT2D eigenvalue weighted by molar-refractivity contribution is 6.05. The molecule has 4 heterocycles. The maximum atomic E-state index is 14.0. The number of nitrogens with zero attached hydrogens (tertiary/aromatic N) is 3. The van der Waals surface area contributed by atoms with Crippen molar-refractivity contribution in [2.24, 2.45) is 0 Å². The average Bonchev–Trinajstić information content (AvgIpc) is 3.40. The minimum atomic E-state index is -4.63. The first kappa shape index (κ1) is 20.0. The van der Waals surface area contributed by atoms with Crippen LogP contribution in [-0.4, -0.2) is 40.3 Å². The summed E-state index contributed by atoms with van der Waals surface area (Å²) < 4.78 is 55.0. The van der Waals surface area contributed by atoms with Gasteiger partial charge in [-0.3, -0.25) is 0 Å². The van der Waals surface area contributed by atoms with Gasteiger partial charge in [-0.15, -0.1) is 0 Å². The molecule has 0 radical (unpaired) electrons. The number of ether oxygens (including phenoxy) is 1. The third kappa shape index (κ3) is 3.57. The van der Waals surface area contributed by atoms with Crippen molar-refractivity contribution in [3.05, 3.63) is 47.9 Å². The summed E-state index contributed by atoms with van der Waals surface area (Å²) in [5, 5.41) is 3.92. The molecule has 1 N–H and O–H groups in total. The number of halogens is 3. The van der Waals surface area contributed by atoms with Gasteiger partial charge in [0.2, 0.25) is 0 Å². The van der Waals surface area contributed by atoms with Gasteiger partial charge >= 0.3 is 6.18 Å². The SMILES string of the molecule is Cc1cccc2c1nc(C(F)(F)F)c1nc(-c3ccco3)n(CCC3CNCCO3)c12. The molecule has 6 nitrogen and oxygen atoms in total. The van der Waals surface area contributed by atoms with Crippen LogP contribution in [0.1, 0.15) is 17.7 Å². The number of para-hydroxylation sites is 1. The molecule has 1 aliphatic rings. The quantitative estimate of drug-likeness (QED) is 0.515. The van der Waals surface area contributed by atoms with E-state index < -0.39 is 11.9 Å². The number of hydrogen-bond donors (Lipinski definition) is 1. The fourth-order valence-electron chi connectivity index (χ4n) is 4.14. The fraction of sp³-hybridized carbons (Fsp3) is 0.364. The summed E-state index contributed by atoms with van der Waals surface area (Å²) in [5.41, 5.74) is 0.268. The fourth-order valence-corrected chi connectivity index (χ4v) is 4.14. The van der Waals surface area contributed by atoms with E-state index in [1.807, 2.05) is 10.6 Å². The lowest BCUT2D eigenvalue weighted by atomic mass is 10.1. The van der Waals surface area contributed by atoms with Gasteiger partial charge in [-0.25, -0.2) is 9.97 Å². The number of nitrogens with one attached hydrogen (secondary N) is 1. The number of furan rings is 1. The number of rotatable bonds is 4. The van der Waals surface area contributed by atoms with E-state index in [4.69, 9.17) is 9.15 Å². The predicted octanol–water partition coefficient (Wildman–Crippen LogP) is 4.55. The molecule has 1 unspecified atom stereocenters. The van der Waals surface area contributed by atoms with Gasteiger partial charge < -0.3 is 19.0 Å². The number of aryl methyl sites for hydroxylation is 2. The van der Waals surface area contributed by atoms with E-state index in [1.165, 1.54) is 6.26 Å². The standard InChI is InChI=1S/C22H21F3N4O2/c1-13-4-2-5-15-17(13)27-20(22(23,24)25)18-19(15)29(9-7-14-12-26-8-11-30-14)21(28-18)16-6-3-10-31-16/h2-6,10,14,26H,7-9,11-12H2,1H3. The van der Waals surface area contributed by atoms with Gasteiger partial charge in [-0.2, -0.15) is 13.2 Å². The number of aromatic nitrogens is 3. The van der Waals surface area contributed by atoms with Crippen molar-refractivity contribution in [1.29, 1.82) is 0 Å². The predicted molar refractivity (Wildman–Crippen MR) is 110 cm³/mol. The summed E-state index contributed by atoms with van der Waals surface area (Å²) in [5.74, 6) is 0.762. The van der Waals surface area contributed by atoms with Crippen LogP contribution in [0, 0.1) is 6.92 Å². The smallest absolute Gasteiger partial charge is 0.435 e. The van der Waals surface area contributed by atoms with Gasteiger partial charge in [0.1, 0.15) is 5.52 Å². The zero-order valence-corrected chi connectivity index (χ0v) is 16.9. The highest BCUT2D eigenvalue weighted by atomic mass is 19.4. The Morgan fingerprint density at radius 2 is 2.03 bits per heavy atom. The molecule has 3 aromatic heterocycles. The Kier molecular flexibility index (Phi) is 4.94. The molecule has 0 saturated carbocycles. The van der Waals surface area contributed by atoms with Crippen molar-refractivity contribution < 1.29 is 22.3 Å². The van der Waals surface area contributed by atoms with Crippen LogP contribution in [0.25, 0.3) is 33.5 Å². The largest absolute Gasteiger partial charge is 0.461 e. The van der Waals surface area contributed by atoms with Crippen molar-refractivity contribution in [3.63, 3.8) is 0 Å². The summed E-state index contributed by atoms with van der Waals surface area (Å²) in [6.07, 6.45) is -2.54. The number of alkyl halides is 3. The molecule has 0 bridgehead atoms. The Hall–Kier alpha value is -2.91. The maximum Gasteiger partial charge on any atom is 0.435 e. The van der Waals surface area contributed by atoms with Gasteiger partial charge in [0.25, 0.3) is 0 Å². The normalized spacial score (nSPS) is 17.6. The molecule has 5 rings (SSSR count). The van der Waals surface area contributed by atoms with Crippen LogP contribution in [0.5, 0.6) is 0 Å². The monoisotopic (exact) mass is 430 g/mol. The van der Waals surface area contributed by atoms with Crippen LogP contribution in [0.4, 0.5) is 13.2 Å². The Morgan fingerprint density at radius 1 is 1.16 bits per heavy atom. The first-order valence-electron chi connectivity index (χ1n) is 10.2. The lowest BCUT2D eigenvalue weighted by Crippen LogP contribution is -2.38. The van der Waals surface area contributed by atoms with Gasteiger partial charge in [0.15, 0.2) is 17.3 Å². The lowest BCUT2D eigenvalue weighted by molar-refractivity contribution is -0.139. The van der Waals surface area contributed by atoms with Crippen LogP contribution in [0.15, 0.2) is 41.0 Å². The molecule has 162 valence electrons. The average molecular weight is 430 g/mol. The summed E-state index contributed by atoms with van der Waals surface area (Å²) >= 11 is 0. The Balaban J connectivity index is 1.77. The van der Waals surface area contributed by atoms with Crippen LogP contribution in [-0.2, 0) is 17.5 Å². The maximum absolute atomic E-state index is 14.0. The summed E-state index contributed by atoms with van der Waals surface area (Å²) in [6.45, 7) is 4.31. The molecule has 4 aromatic rings. The number of pyridine rings is 1. The zero-order chi connectivity index (χ0) is 21.6. The second kappa shape index (κ2) is 7.65. The van der Waals surface area contributed by atoms with Gasteiger partial charge in [0.05, 0.1) is 30.0 Å². The number of fused-ring (bicyclic) bond motifs is 3. The number of morpholine rings is 1. The molecule has 1 saturated heterocycles. The second-order valence-corrected chi connectivity index (χ2v) is 7.68. The first-order valence-corrected chi connectivity index (χ1v) is 10.2. The highest BCUT2D eigenvalue weighted by Gasteiger charge is 2.38. The third-order valence-corrected chi connectivity index (χ3v) is 5.60. The van der Waals surface area contributed by atoms with Crippen LogP contribution < -0.4 is 5.32 Å². The number of imidazole rings is 1. The zero-order valence-electron chi connectivity index (χ0n) is 16.9. The van der Waals surface area contributed by atoms with Crippen LogP contribution in [0.2, 0.25) is 0 Å². The molecule has 1 aromatic carbocycles. The summed E-state index contributed by atoms with van der Waals surface area (Å²) in [7, 11) is 0. The van der Waals surface area contributed by atoms with E-state index in [0.717, 1.165) is 6.54 Å². The van der Waals surface area contributed by atoms with Gasteiger partial charge in [0, 0.05) is 25.0 Å². The topological polar surface area (TPSA) is 65.1 Å². The molecule has 9 heteroatoms. The minimum Gasteiger partial charge on any atom is -0.461 e. The highest BCUT2D eigenvalue weighted by Crippen LogP contribution is 2.39. The Labute approximate surface area is 176 Å². The van der Waals surface area contributed by atoms with E-state index in [1.54, 1.807) is 31.2 Å². The molecule has 1 atom stereocenters. The van der Waals surface area contributed by atoms with Crippen molar-refractivity contribution >= 4 is 21.9 Å². The van der Waals surface area contributed by atoms with Gasteiger partial charge in [-0.05, 0) is 31.0 Å². The first-order chi connectivity index (χ1) is 14.9. The van der Waals surface area contributed by atoms with Crippen molar-refractivity contribution in [2.75, 3.05) is 19.7 Å². The van der Waals surface area contributed by atoms with E-state index in [0.29, 0.717) is 59.7 Å². The molecule has 0 amide bonds. The van der Waals surface area contributed by atoms with E-state index >= 15 is 0 Å². The van der Waals surface area contributed by atoms with Crippen molar-refractivity contribution in [2.45, 2.75) is 32.2 Å². The lowest BCUT2D eigenvalue weighted by Gasteiger charge is -2.24. The Bertz CT molecular complexity index is 1230. The van der Waals surface area contributed by atoms with E-state index in [2.05, 4.69) is 15.3 Å². The van der Waals surface area contributed by atoms with E-state index in [-0.39, 0.29) is 11.6 Å².